The number of nitrogens with zero attached hydrogens (tertiary/aromatic N) is 3. The average Bonchev–Trinajstić information content (AvgIpc) is 2.47. The molecule has 2 aromatic heterocycles. The minimum atomic E-state index is -0.461. The highest BCUT2D eigenvalue weighted by Gasteiger charge is 2.12. The molecule has 0 amide bonds. The summed E-state index contributed by atoms with van der Waals surface area (Å²) >= 11 is 0. The third-order valence-electron chi connectivity index (χ3n) is 2.89. The summed E-state index contributed by atoms with van der Waals surface area (Å²) in [5.41, 5.74) is 0.915. The highest BCUT2D eigenvalue weighted by atomic mass is 19.1. The number of pyridine rings is 1. The predicted octanol–water partition coefficient (Wildman–Crippen LogP) is 2.87. The van der Waals surface area contributed by atoms with Gasteiger partial charge in [-0.3, -0.25) is 4.98 Å². The van der Waals surface area contributed by atoms with Gasteiger partial charge in [0.25, 0.3) is 0 Å². The Morgan fingerprint density at radius 1 is 1.11 bits per heavy atom. The maximum Gasteiger partial charge on any atom is 0.223 e. The van der Waals surface area contributed by atoms with Crippen molar-refractivity contribution in [1.82, 2.24) is 15.0 Å². The summed E-state index contributed by atoms with van der Waals surface area (Å²) in [4.78, 5) is 12.2. The fourth-order valence-electron chi connectivity index (χ4n) is 1.98. The quantitative estimate of drug-likeness (QED) is 0.764. The van der Waals surface area contributed by atoms with Crippen LogP contribution in [-0.2, 0) is 0 Å². The van der Waals surface area contributed by atoms with Gasteiger partial charge >= 0.3 is 0 Å². The molecule has 2 heterocycles. The maximum atomic E-state index is 13.9. The second-order valence-electron chi connectivity index (χ2n) is 4.05. The number of aromatic nitrogens is 3. The van der Waals surface area contributed by atoms with Gasteiger partial charge in [0.05, 0.1) is 6.20 Å². The van der Waals surface area contributed by atoms with Gasteiger partial charge in [-0.25, -0.2) is 14.4 Å². The zero-order valence-corrected chi connectivity index (χ0v) is 10.3. The van der Waals surface area contributed by atoms with Gasteiger partial charge in [-0.2, -0.15) is 0 Å². The molecule has 1 aromatic carbocycles. The van der Waals surface area contributed by atoms with E-state index >= 15 is 0 Å². The first-order chi connectivity index (χ1) is 9.29. The average molecular weight is 254 g/mol. The van der Waals surface area contributed by atoms with E-state index < -0.39 is 5.82 Å². The minimum absolute atomic E-state index is 0.253. The van der Waals surface area contributed by atoms with E-state index in [4.69, 9.17) is 0 Å². The van der Waals surface area contributed by atoms with Crippen LogP contribution in [0.4, 0.5) is 10.3 Å². The summed E-state index contributed by atoms with van der Waals surface area (Å²) < 4.78 is 13.9. The number of rotatable bonds is 2. The van der Waals surface area contributed by atoms with Gasteiger partial charge in [-0.05, 0) is 5.39 Å². The molecule has 0 spiro atoms. The molecule has 0 aliphatic carbocycles. The summed E-state index contributed by atoms with van der Waals surface area (Å²) in [6, 6.07) is 7.68. The standard InChI is InChI=1S/C14H11FN4/c1-16-14-18-8-12(15)13(19-14)11-7-17-6-9-4-2-3-5-10(9)11/h2-8H,1H3,(H,16,18,19). The number of hydrogen-bond acceptors (Lipinski definition) is 4. The van der Waals surface area contributed by atoms with Crippen molar-refractivity contribution in [3.63, 3.8) is 0 Å². The number of fused-ring (bicyclic) bond motifs is 1. The first-order valence-corrected chi connectivity index (χ1v) is 5.83. The van der Waals surface area contributed by atoms with Crippen LogP contribution in [-0.4, -0.2) is 22.0 Å². The molecule has 0 saturated heterocycles. The number of halogens is 1. The Kier molecular flexibility index (Phi) is 2.79. The summed E-state index contributed by atoms with van der Waals surface area (Å²) in [5.74, 6) is -0.0820. The lowest BCUT2D eigenvalue weighted by Gasteiger charge is -2.07. The van der Waals surface area contributed by atoms with Crippen molar-refractivity contribution in [2.24, 2.45) is 0 Å². The molecule has 0 unspecified atom stereocenters. The van der Waals surface area contributed by atoms with Crippen molar-refractivity contribution in [1.29, 1.82) is 0 Å². The molecule has 0 saturated carbocycles. The second-order valence-corrected chi connectivity index (χ2v) is 4.05. The van der Waals surface area contributed by atoms with E-state index in [2.05, 4.69) is 20.3 Å². The normalized spacial score (nSPS) is 10.6. The smallest absolute Gasteiger partial charge is 0.223 e. The van der Waals surface area contributed by atoms with Gasteiger partial charge in [0, 0.05) is 30.4 Å². The Bertz CT molecular complexity index is 737. The van der Waals surface area contributed by atoms with Crippen molar-refractivity contribution in [3.8, 4) is 11.3 Å². The van der Waals surface area contributed by atoms with E-state index in [-0.39, 0.29) is 5.69 Å². The van der Waals surface area contributed by atoms with Gasteiger partial charge in [-0.1, -0.05) is 24.3 Å². The molecule has 0 aliphatic heterocycles. The Morgan fingerprint density at radius 2 is 1.95 bits per heavy atom. The summed E-state index contributed by atoms with van der Waals surface area (Å²) in [6.07, 6.45) is 4.53. The van der Waals surface area contributed by atoms with Crippen LogP contribution in [0.1, 0.15) is 0 Å². The van der Waals surface area contributed by atoms with Gasteiger partial charge in [0.1, 0.15) is 5.69 Å². The molecule has 0 atom stereocenters. The Morgan fingerprint density at radius 3 is 2.79 bits per heavy atom. The first-order valence-electron chi connectivity index (χ1n) is 5.83. The van der Waals surface area contributed by atoms with Crippen LogP contribution in [0.5, 0.6) is 0 Å². The van der Waals surface area contributed by atoms with Gasteiger partial charge in [-0.15, -0.1) is 0 Å². The number of anilines is 1. The lowest BCUT2D eigenvalue weighted by atomic mass is 10.1. The molecule has 0 fully saturated rings. The third kappa shape index (κ3) is 1.99. The zero-order valence-electron chi connectivity index (χ0n) is 10.3. The molecule has 4 nitrogen and oxygen atoms in total. The zero-order chi connectivity index (χ0) is 13.2. The highest BCUT2D eigenvalue weighted by molar-refractivity contribution is 5.94. The molecule has 0 aliphatic rings. The lowest BCUT2D eigenvalue weighted by molar-refractivity contribution is 0.619. The molecule has 1 N–H and O–H groups in total. The Balaban J connectivity index is 2.30. The van der Waals surface area contributed by atoms with Crippen LogP contribution in [0.3, 0.4) is 0 Å². The molecular formula is C14H11FN4. The summed E-state index contributed by atoms with van der Waals surface area (Å²) in [5, 5.41) is 4.67. The topological polar surface area (TPSA) is 50.7 Å². The van der Waals surface area contributed by atoms with Crippen molar-refractivity contribution in [2.45, 2.75) is 0 Å². The van der Waals surface area contributed by atoms with Crippen molar-refractivity contribution < 1.29 is 4.39 Å². The van der Waals surface area contributed by atoms with E-state index in [1.807, 2.05) is 24.3 Å². The molecule has 0 bridgehead atoms. The number of benzene rings is 1. The fourth-order valence-corrected chi connectivity index (χ4v) is 1.98. The number of hydrogen-bond donors (Lipinski definition) is 1. The SMILES string of the molecule is CNc1ncc(F)c(-c2cncc3ccccc23)n1. The fraction of sp³-hybridized carbons (Fsp3) is 0.0714. The van der Waals surface area contributed by atoms with Crippen LogP contribution >= 0.6 is 0 Å². The summed E-state index contributed by atoms with van der Waals surface area (Å²) in [7, 11) is 1.69. The van der Waals surface area contributed by atoms with E-state index in [0.717, 1.165) is 17.0 Å². The van der Waals surface area contributed by atoms with Crippen LogP contribution in [0.15, 0.2) is 42.9 Å². The van der Waals surface area contributed by atoms with Gasteiger partial charge in [0.15, 0.2) is 5.82 Å². The van der Waals surface area contributed by atoms with Crippen molar-refractivity contribution in [2.75, 3.05) is 12.4 Å². The van der Waals surface area contributed by atoms with Gasteiger partial charge < -0.3 is 5.32 Å². The number of nitrogens with one attached hydrogen (secondary N) is 1. The molecule has 3 aromatic rings. The van der Waals surface area contributed by atoms with E-state index in [9.17, 15) is 4.39 Å². The lowest BCUT2D eigenvalue weighted by Crippen LogP contribution is -2.00. The Labute approximate surface area is 109 Å². The van der Waals surface area contributed by atoms with E-state index in [1.54, 1.807) is 19.4 Å². The van der Waals surface area contributed by atoms with Crippen molar-refractivity contribution >= 4 is 16.7 Å². The first kappa shape index (κ1) is 11.5. The monoisotopic (exact) mass is 254 g/mol. The van der Waals surface area contributed by atoms with Gasteiger partial charge in [0.2, 0.25) is 5.95 Å². The van der Waals surface area contributed by atoms with Crippen LogP contribution in [0, 0.1) is 5.82 Å². The predicted molar refractivity (Wildman–Crippen MR) is 72.3 cm³/mol. The minimum Gasteiger partial charge on any atom is -0.357 e. The highest BCUT2D eigenvalue weighted by Crippen LogP contribution is 2.28. The maximum absolute atomic E-state index is 13.9. The van der Waals surface area contributed by atoms with Crippen LogP contribution in [0.25, 0.3) is 22.0 Å². The largest absolute Gasteiger partial charge is 0.357 e. The molecule has 5 heteroatoms. The molecule has 94 valence electrons. The van der Waals surface area contributed by atoms with Crippen molar-refractivity contribution in [3.05, 3.63) is 48.7 Å². The van der Waals surface area contributed by atoms with E-state index in [0.29, 0.717) is 11.5 Å². The second kappa shape index (κ2) is 4.61. The Hall–Kier alpha value is -2.56. The molecular weight excluding hydrogens is 243 g/mol. The van der Waals surface area contributed by atoms with Crippen LogP contribution in [0.2, 0.25) is 0 Å². The molecule has 19 heavy (non-hydrogen) atoms. The van der Waals surface area contributed by atoms with Crippen LogP contribution < -0.4 is 5.32 Å². The molecule has 3 rings (SSSR count). The van der Waals surface area contributed by atoms with E-state index in [1.165, 1.54) is 0 Å². The third-order valence-corrected chi connectivity index (χ3v) is 2.89. The summed E-state index contributed by atoms with van der Waals surface area (Å²) in [6.45, 7) is 0. The molecule has 0 radical (unpaired) electrons.